The average molecular weight is 466 g/mol. The number of benzene rings is 1. The van der Waals surface area contributed by atoms with Gasteiger partial charge in [-0.05, 0) is 49.2 Å². The van der Waals surface area contributed by atoms with Gasteiger partial charge < -0.3 is 15.4 Å². The Hall–Kier alpha value is -3.59. The second kappa shape index (κ2) is 8.32. The number of alkyl halides is 1. The minimum atomic E-state index is -0.884. The van der Waals surface area contributed by atoms with Gasteiger partial charge in [0.2, 0.25) is 0 Å². The van der Waals surface area contributed by atoms with Crippen LogP contribution in [0.4, 0.5) is 20.4 Å². The molecule has 1 saturated heterocycles. The number of ether oxygens (including phenoxy) is 1. The van der Waals surface area contributed by atoms with Gasteiger partial charge in [-0.15, -0.1) is 0 Å². The van der Waals surface area contributed by atoms with Crippen LogP contribution < -0.4 is 20.3 Å². The number of hydrogen-bond donors (Lipinski definition) is 1. The molecule has 1 atom stereocenters. The third-order valence-electron chi connectivity index (χ3n) is 6.47. The summed E-state index contributed by atoms with van der Waals surface area (Å²) in [4.78, 5) is 26.0. The Morgan fingerprint density at radius 2 is 2.03 bits per heavy atom. The number of amides is 1. The van der Waals surface area contributed by atoms with Gasteiger partial charge in [-0.1, -0.05) is 6.07 Å². The molecule has 1 fully saturated rings. The number of fused-ring (bicyclic) bond motifs is 1. The zero-order chi connectivity index (χ0) is 24.0. The van der Waals surface area contributed by atoms with Crippen LogP contribution in [0, 0.1) is 12.7 Å². The van der Waals surface area contributed by atoms with Crippen LogP contribution in [0.3, 0.4) is 0 Å². The first-order valence-electron chi connectivity index (χ1n) is 11.0. The number of anilines is 2. The number of aryl methyl sites for hydroxylation is 1. The maximum Gasteiger partial charge on any atom is 0.260 e. The molecule has 1 aromatic carbocycles. The molecule has 0 unspecified atom stereocenters. The molecule has 1 amide bonds. The van der Waals surface area contributed by atoms with Gasteiger partial charge in [0, 0.05) is 30.4 Å². The Bertz CT molecular complexity index is 1280. The number of pyridine rings is 2. The number of nitrogens with two attached hydrogens (primary N) is 1. The summed E-state index contributed by atoms with van der Waals surface area (Å²) in [6, 6.07) is 9.92. The highest BCUT2D eigenvalue weighted by molar-refractivity contribution is 6.10. The number of carbonyl (C=O) groups is 1. The standard InChI is InChI=1S/C25H25F2N5O2/c1-15-10-20(31-9-7-25(28,13-26)14-31)30-21(11-15)32-12-17-16(24(32)33)6-8-29-23(17)22-18(27)4-3-5-19(22)34-2/h3-6,8,10-11H,7,9,12-14,28H2,1-2H3/t25-/m0/s1. The lowest BCUT2D eigenvalue weighted by atomic mass is 10.0. The summed E-state index contributed by atoms with van der Waals surface area (Å²) in [7, 11) is 1.47. The first kappa shape index (κ1) is 22.2. The Kier molecular flexibility index (Phi) is 5.44. The molecular formula is C25H25F2N5O2. The SMILES string of the molecule is COc1cccc(F)c1-c1nccc2c1CN(c1cc(C)cc(N3CC[C@](N)(CF)C3)n1)C2=O. The number of aromatic nitrogens is 2. The van der Waals surface area contributed by atoms with Crippen molar-refractivity contribution in [2.75, 3.05) is 36.7 Å². The zero-order valence-electron chi connectivity index (χ0n) is 19.0. The maximum absolute atomic E-state index is 14.8. The van der Waals surface area contributed by atoms with Crippen molar-refractivity contribution in [3.05, 3.63) is 65.1 Å². The summed E-state index contributed by atoms with van der Waals surface area (Å²) < 4.78 is 33.5. The quantitative estimate of drug-likeness (QED) is 0.620. The predicted molar refractivity (Wildman–Crippen MR) is 125 cm³/mol. The van der Waals surface area contributed by atoms with Gasteiger partial charge >= 0.3 is 0 Å². The summed E-state index contributed by atoms with van der Waals surface area (Å²) in [6.07, 6.45) is 2.03. The molecule has 2 aliphatic heterocycles. The van der Waals surface area contributed by atoms with Crippen molar-refractivity contribution in [3.63, 3.8) is 0 Å². The van der Waals surface area contributed by atoms with Crippen LogP contribution in [0.1, 0.15) is 27.9 Å². The van der Waals surface area contributed by atoms with Crippen LogP contribution >= 0.6 is 0 Å². The third-order valence-corrected chi connectivity index (χ3v) is 6.47. The predicted octanol–water partition coefficient (Wildman–Crippen LogP) is 3.64. The average Bonchev–Trinajstić information content (AvgIpc) is 3.40. The molecule has 4 heterocycles. The lowest BCUT2D eigenvalue weighted by molar-refractivity contribution is 0.0996. The van der Waals surface area contributed by atoms with Crippen molar-refractivity contribution in [1.29, 1.82) is 0 Å². The molecule has 9 heteroatoms. The lowest BCUT2D eigenvalue weighted by Crippen LogP contribution is -2.45. The first-order chi connectivity index (χ1) is 16.3. The van der Waals surface area contributed by atoms with E-state index in [0.717, 1.165) is 5.56 Å². The number of hydrogen-bond acceptors (Lipinski definition) is 6. The molecule has 0 bridgehead atoms. The van der Waals surface area contributed by atoms with Crippen LogP contribution in [0.2, 0.25) is 0 Å². The molecule has 2 aliphatic rings. The van der Waals surface area contributed by atoms with E-state index < -0.39 is 18.0 Å². The molecular weight excluding hydrogens is 440 g/mol. The molecule has 2 N–H and O–H groups in total. The summed E-state index contributed by atoms with van der Waals surface area (Å²) in [5.74, 6) is 0.742. The van der Waals surface area contributed by atoms with Crippen LogP contribution in [-0.4, -0.2) is 48.3 Å². The molecule has 0 radical (unpaired) electrons. The Morgan fingerprint density at radius 3 is 2.76 bits per heavy atom. The highest BCUT2D eigenvalue weighted by atomic mass is 19.1. The van der Waals surface area contributed by atoms with E-state index in [-0.39, 0.29) is 18.0 Å². The summed E-state index contributed by atoms with van der Waals surface area (Å²) in [5.41, 5.74) is 7.78. The minimum Gasteiger partial charge on any atom is -0.496 e. The maximum atomic E-state index is 14.8. The van der Waals surface area contributed by atoms with Crippen LogP contribution in [0.15, 0.2) is 42.6 Å². The van der Waals surface area contributed by atoms with E-state index in [1.807, 2.05) is 24.0 Å². The van der Waals surface area contributed by atoms with Crippen LogP contribution in [-0.2, 0) is 6.54 Å². The molecule has 2 aromatic heterocycles. The Morgan fingerprint density at radius 1 is 1.24 bits per heavy atom. The molecule has 7 nitrogen and oxygen atoms in total. The van der Waals surface area contributed by atoms with Gasteiger partial charge in [-0.25, -0.2) is 13.8 Å². The smallest absolute Gasteiger partial charge is 0.260 e. The Balaban J connectivity index is 1.52. The second-order valence-corrected chi connectivity index (χ2v) is 8.92. The number of carbonyl (C=O) groups excluding carboxylic acids is 1. The number of rotatable bonds is 5. The van der Waals surface area contributed by atoms with E-state index in [0.29, 0.717) is 53.7 Å². The number of methoxy groups -OCH3 is 1. The monoisotopic (exact) mass is 465 g/mol. The zero-order valence-corrected chi connectivity index (χ0v) is 19.0. The van der Waals surface area contributed by atoms with E-state index in [4.69, 9.17) is 15.5 Å². The molecule has 0 aliphatic carbocycles. The van der Waals surface area contributed by atoms with Gasteiger partial charge in [-0.2, -0.15) is 0 Å². The van der Waals surface area contributed by atoms with Crippen molar-refractivity contribution >= 4 is 17.5 Å². The van der Waals surface area contributed by atoms with E-state index in [1.54, 1.807) is 23.1 Å². The van der Waals surface area contributed by atoms with E-state index in [1.165, 1.54) is 19.4 Å². The van der Waals surface area contributed by atoms with Crippen molar-refractivity contribution in [3.8, 4) is 17.0 Å². The van der Waals surface area contributed by atoms with E-state index >= 15 is 0 Å². The largest absolute Gasteiger partial charge is 0.496 e. The number of halogens is 2. The van der Waals surface area contributed by atoms with Gasteiger partial charge in [-0.3, -0.25) is 14.7 Å². The topological polar surface area (TPSA) is 84.6 Å². The highest BCUT2D eigenvalue weighted by Gasteiger charge is 2.37. The third kappa shape index (κ3) is 3.66. The Labute approximate surface area is 196 Å². The van der Waals surface area contributed by atoms with Gasteiger partial charge in [0.1, 0.15) is 29.9 Å². The molecule has 176 valence electrons. The molecule has 5 rings (SSSR count). The van der Waals surface area contributed by atoms with Gasteiger partial charge in [0.25, 0.3) is 5.91 Å². The van der Waals surface area contributed by atoms with Crippen molar-refractivity contribution in [2.24, 2.45) is 5.73 Å². The highest BCUT2D eigenvalue weighted by Crippen LogP contribution is 2.39. The summed E-state index contributed by atoms with van der Waals surface area (Å²) in [6.45, 7) is 2.45. The van der Waals surface area contributed by atoms with E-state index in [9.17, 15) is 13.6 Å². The normalized spacial score (nSPS) is 19.6. The second-order valence-electron chi connectivity index (χ2n) is 8.92. The fourth-order valence-electron chi connectivity index (χ4n) is 4.66. The van der Waals surface area contributed by atoms with Crippen LogP contribution in [0.25, 0.3) is 11.3 Å². The first-order valence-corrected chi connectivity index (χ1v) is 11.0. The van der Waals surface area contributed by atoms with Gasteiger partial charge in [0.15, 0.2) is 0 Å². The number of nitrogens with zero attached hydrogens (tertiary/aromatic N) is 4. The van der Waals surface area contributed by atoms with Crippen molar-refractivity contribution in [2.45, 2.75) is 25.4 Å². The van der Waals surface area contributed by atoms with Gasteiger partial charge in [0.05, 0.1) is 30.5 Å². The summed E-state index contributed by atoms with van der Waals surface area (Å²) in [5, 5.41) is 0. The molecule has 3 aromatic rings. The van der Waals surface area contributed by atoms with Crippen molar-refractivity contribution in [1.82, 2.24) is 9.97 Å². The van der Waals surface area contributed by atoms with Crippen molar-refractivity contribution < 1.29 is 18.3 Å². The summed E-state index contributed by atoms with van der Waals surface area (Å²) >= 11 is 0. The van der Waals surface area contributed by atoms with Crippen LogP contribution in [0.5, 0.6) is 5.75 Å². The molecule has 34 heavy (non-hydrogen) atoms. The fraction of sp³-hybridized carbons (Fsp3) is 0.320. The minimum absolute atomic E-state index is 0.191. The lowest BCUT2D eigenvalue weighted by Gasteiger charge is -2.24. The molecule has 0 spiro atoms. The van der Waals surface area contributed by atoms with E-state index in [2.05, 4.69) is 4.98 Å². The molecule has 0 saturated carbocycles. The fourth-order valence-corrected chi connectivity index (χ4v) is 4.66.